The third-order valence-electron chi connectivity index (χ3n) is 3.36. The number of nitrogens with one attached hydrogen (secondary N) is 3. The van der Waals surface area contributed by atoms with E-state index < -0.39 is 18.0 Å². The van der Waals surface area contributed by atoms with Crippen LogP contribution in [-0.4, -0.2) is 79.3 Å². The lowest BCUT2D eigenvalue weighted by atomic mass is 10.2. The maximum absolute atomic E-state index is 11.7. The molecule has 1 saturated heterocycles. The van der Waals surface area contributed by atoms with E-state index in [0.29, 0.717) is 18.7 Å². The zero-order valence-corrected chi connectivity index (χ0v) is 13.4. The monoisotopic (exact) mass is 318 g/mol. The third kappa shape index (κ3) is 8.13. The molecule has 4 N–H and O–H groups in total. The quantitative estimate of drug-likeness (QED) is 0.440. The second kappa shape index (κ2) is 10.7. The summed E-state index contributed by atoms with van der Waals surface area (Å²) in [5, 5.41) is 17.5. The number of aliphatic carboxylic acids is 1. The van der Waals surface area contributed by atoms with E-state index in [2.05, 4.69) is 20.9 Å². The summed E-state index contributed by atoms with van der Waals surface area (Å²) < 4.78 is 0. The lowest BCUT2D eigenvalue weighted by Gasteiger charge is -2.27. The van der Waals surface area contributed by atoms with Gasteiger partial charge in [-0.3, -0.25) is 0 Å². The molecule has 1 rings (SSSR count). The maximum atomic E-state index is 11.7. The first-order chi connectivity index (χ1) is 10.1. The fourth-order valence-corrected chi connectivity index (χ4v) is 2.61. The molecule has 122 valence electrons. The molecule has 1 aliphatic rings. The SMILES string of the molecule is CSCC[C@@H](NC(=O)NCCCN1CCNCC1)C(=O)O. The second-order valence-electron chi connectivity index (χ2n) is 5.02. The second-order valence-corrected chi connectivity index (χ2v) is 6.00. The largest absolute Gasteiger partial charge is 0.480 e. The molecule has 0 spiro atoms. The topological polar surface area (TPSA) is 93.7 Å². The Labute approximate surface area is 130 Å². The molecule has 2 amide bonds. The van der Waals surface area contributed by atoms with Crippen LogP contribution in [0.2, 0.25) is 0 Å². The predicted octanol–water partition coefficient (Wildman–Crippen LogP) is -0.213. The average Bonchev–Trinajstić information content (AvgIpc) is 2.48. The van der Waals surface area contributed by atoms with Crippen LogP contribution in [0.15, 0.2) is 0 Å². The Balaban J connectivity index is 2.12. The number of piperazine rings is 1. The average molecular weight is 318 g/mol. The Kier molecular flexibility index (Phi) is 9.20. The summed E-state index contributed by atoms with van der Waals surface area (Å²) >= 11 is 1.57. The number of amides is 2. The van der Waals surface area contributed by atoms with E-state index >= 15 is 0 Å². The first-order valence-corrected chi connectivity index (χ1v) is 8.72. The Bertz CT molecular complexity index is 325. The van der Waals surface area contributed by atoms with Gasteiger partial charge in [0.1, 0.15) is 6.04 Å². The van der Waals surface area contributed by atoms with E-state index in [1.165, 1.54) is 0 Å². The van der Waals surface area contributed by atoms with Crippen molar-refractivity contribution >= 4 is 23.8 Å². The molecule has 1 fully saturated rings. The first-order valence-electron chi connectivity index (χ1n) is 7.32. The van der Waals surface area contributed by atoms with Gasteiger partial charge in [-0.2, -0.15) is 11.8 Å². The molecule has 0 aromatic carbocycles. The summed E-state index contributed by atoms with van der Waals surface area (Å²) in [4.78, 5) is 25.0. The van der Waals surface area contributed by atoms with Crippen molar-refractivity contribution in [2.24, 2.45) is 0 Å². The molecular weight excluding hydrogens is 292 g/mol. The smallest absolute Gasteiger partial charge is 0.326 e. The normalized spacial score (nSPS) is 17.2. The van der Waals surface area contributed by atoms with Gasteiger partial charge < -0.3 is 26.0 Å². The number of urea groups is 1. The molecule has 0 bridgehead atoms. The van der Waals surface area contributed by atoms with E-state index in [-0.39, 0.29) is 0 Å². The van der Waals surface area contributed by atoms with Crippen molar-refractivity contribution in [2.45, 2.75) is 18.9 Å². The zero-order chi connectivity index (χ0) is 15.5. The minimum absolute atomic E-state index is 0.399. The number of carboxylic acid groups (broad SMARTS) is 1. The number of hydrogen-bond acceptors (Lipinski definition) is 5. The Morgan fingerprint density at radius 3 is 2.71 bits per heavy atom. The molecule has 1 atom stereocenters. The number of nitrogens with zero attached hydrogens (tertiary/aromatic N) is 1. The minimum Gasteiger partial charge on any atom is -0.480 e. The van der Waals surface area contributed by atoms with E-state index in [0.717, 1.165) is 39.1 Å². The van der Waals surface area contributed by atoms with Crippen LogP contribution < -0.4 is 16.0 Å². The van der Waals surface area contributed by atoms with Crippen LogP contribution >= 0.6 is 11.8 Å². The summed E-state index contributed by atoms with van der Waals surface area (Å²) in [6.45, 7) is 5.64. The van der Waals surface area contributed by atoms with Gasteiger partial charge in [-0.25, -0.2) is 9.59 Å². The molecule has 21 heavy (non-hydrogen) atoms. The van der Waals surface area contributed by atoms with Crippen molar-refractivity contribution in [3.63, 3.8) is 0 Å². The highest BCUT2D eigenvalue weighted by atomic mass is 32.2. The fraction of sp³-hybridized carbons (Fsp3) is 0.846. The summed E-state index contributed by atoms with van der Waals surface area (Å²) in [6, 6.07) is -1.21. The highest BCUT2D eigenvalue weighted by molar-refractivity contribution is 7.98. The van der Waals surface area contributed by atoms with Crippen LogP contribution in [-0.2, 0) is 4.79 Å². The van der Waals surface area contributed by atoms with E-state index in [4.69, 9.17) is 5.11 Å². The van der Waals surface area contributed by atoms with Gasteiger partial charge >= 0.3 is 12.0 Å². The van der Waals surface area contributed by atoms with Crippen LogP contribution in [0.4, 0.5) is 4.79 Å². The third-order valence-corrected chi connectivity index (χ3v) is 4.00. The molecule has 7 nitrogen and oxygen atoms in total. The van der Waals surface area contributed by atoms with Gasteiger partial charge in [-0.1, -0.05) is 0 Å². The molecule has 0 aromatic heterocycles. The van der Waals surface area contributed by atoms with Crippen molar-refractivity contribution in [3.05, 3.63) is 0 Å². The Morgan fingerprint density at radius 1 is 1.38 bits per heavy atom. The minimum atomic E-state index is -0.986. The number of carbonyl (C=O) groups excluding carboxylic acids is 1. The lowest BCUT2D eigenvalue weighted by molar-refractivity contribution is -0.139. The van der Waals surface area contributed by atoms with Gasteiger partial charge in [0, 0.05) is 32.7 Å². The Hall–Kier alpha value is -0.990. The van der Waals surface area contributed by atoms with Crippen LogP contribution in [0.3, 0.4) is 0 Å². The number of carboxylic acids is 1. The van der Waals surface area contributed by atoms with Crippen LogP contribution in [0, 0.1) is 0 Å². The number of hydrogen-bond donors (Lipinski definition) is 4. The van der Waals surface area contributed by atoms with Gasteiger partial charge in [-0.15, -0.1) is 0 Å². The van der Waals surface area contributed by atoms with E-state index in [1.54, 1.807) is 11.8 Å². The summed E-state index contributed by atoms with van der Waals surface area (Å²) in [5.41, 5.74) is 0. The lowest BCUT2D eigenvalue weighted by Crippen LogP contribution is -2.47. The highest BCUT2D eigenvalue weighted by Gasteiger charge is 2.19. The predicted molar refractivity (Wildman–Crippen MR) is 84.9 cm³/mol. The summed E-state index contributed by atoms with van der Waals surface area (Å²) in [7, 11) is 0. The van der Waals surface area contributed by atoms with Crippen molar-refractivity contribution in [2.75, 3.05) is 51.3 Å². The molecule has 1 aliphatic heterocycles. The van der Waals surface area contributed by atoms with Crippen molar-refractivity contribution in [1.82, 2.24) is 20.9 Å². The van der Waals surface area contributed by atoms with Gasteiger partial charge in [0.25, 0.3) is 0 Å². The van der Waals surface area contributed by atoms with Crippen molar-refractivity contribution in [1.29, 1.82) is 0 Å². The fourth-order valence-electron chi connectivity index (χ4n) is 2.14. The molecule has 8 heteroatoms. The highest BCUT2D eigenvalue weighted by Crippen LogP contribution is 2.01. The maximum Gasteiger partial charge on any atom is 0.326 e. The number of rotatable bonds is 9. The van der Waals surface area contributed by atoms with Gasteiger partial charge in [0.15, 0.2) is 0 Å². The van der Waals surface area contributed by atoms with Crippen LogP contribution in [0.5, 0.6) is 0 Å². The van der Waals surface area contributed by atoms with Crippen molar-refractivity contribution in [3.8, 4) is 0 Å². The summed E-state index contributed by atoms with van der Waals surface area (Å²) in [6.07, 6.45) is 3.22. The van der Waals surface area contributed by atoms with Gasteiger partial charge in [-0.05, 0) is 31.4 Å². The molecular formula is C13H26N4O3S. The van der Waals surface area contributed by atoms with Crippen LogP contribution in [0.1, 0.15) is 12.8 Å². The number of carbonyl (C=O) groups is 2. The molecule has 0 saturated carbocycles. The molecule has 0 unspecified atom stereocenters. The number of thioether (sulfide) groups is 1. The Morgan fingerprint density at radius 2 is 2.10 bits per heavy atom. The molecule has 0 radical (unpaired) electrons. The van der Waals surface area contributed by atoms with Crippen LogP contribution in [0.25, 0.3) is 0 Å². The van der Waals surface area contributed by atoms with Crippen molar-refractivity contribution < 1.29 is 14.7 Å². The van der Waals surface area contributed by atoms with Gasteiger partial charge in [0.05, 0.1) is 0 Å². The standard InChI is InChI=1S/C13H26N4O3S/c1-21-10-3-11(12(18)19)16-13(20)15-4-2-7-17-8-5-14-6-9-17/h11,14H,2-10H2,1H3,(H,18,19)(H2,15,16,20)/t11-/m1/s1. The first kappa shape index (κ1) is 18.1. The molecule has 0 aliphatic carbocycles. The zero-order valence-electron chi connectivity index (χ0n) is 12.6. The molecule has 0 aromatic rings. The molecule has 1 heterocycles. The van der Waals surface area contributed by atoms with E-state index in [9.17, 15) is 9.59 Å². The van der Waals surface area contributed by atoms with Gasteiger partial charge in [0.2, 0.25) is 0 Å². The van der Waals surface area contributed by atoms with E-state index in [1.807, 2.05) is 6.26 Å². The summed E-state index contributed by atoms with van der Waals surface area (Å²) in [5.74, 6) is -0.278.